The summed E-state index contributed by atoms with van der Waals surface area (Å²) in [6.45, 7) is 1.49. The van der Waals surface area contributed by atoms with Gasteiger partial charge in [0, 0.05) is 32.0 Å². The molecule has 2 N–H and O–H groups in total. The molecule has 20 heavy (non-hydrogen) atoms. The molecule has 0 saturated carbocycles. The number of hydrogen-bond donors (Lipinski definition) is 2. The maximum absolute atomic E-state index is 12.8. The fourth-order valence-electron chi connectivity index (χ4n) is 1.64. The van der Waals surface area contributed by atoms with Crippen LogP contribution in [0.4, 0.5) is 21.7 Å². The molecule has 0 spiro atoms. The standard InChI is InChI=1S/C14H17FN4O/c1-20-8-2-7-16-13-9-14(18-10-17-13)19-12-5-3-11(15)4-6-12/h3-6,9-10H,2,7-8H2,1H3,(H2,16,17,18,19). The summed E-state index contributed by atoms with van der Waals surface area (Å²) in [5.74, 6) is 1.13. The fraction of sp³-hybridized carbons (Fsp3) is 0.286. The number of anilines is 3. The van der Waals surface area contributed by atoms with Gasteiger partial charge in [-0.25, -0.2) is 14.4 Å². The van der Waals surface area contributed by atoms with Gasteiger partial charge >= 0.3 is 0 Å². The number of nitrogens with zero attached hydrogens (tertiary/aromatic N) is 2. The third-order valence-corrected chi connectivity index (χ3v) is 2.62. The molecule has 0 bridgehead atoms. The molecule has 0 atom stereocenters. The van der Waals surface area contributed by atoms with Gasteiger partial charge in [0.05, 0.1) is 0 Å². The van der Waals surface area contributed by atoms with Crippen LogP contribution in [0.1, 0.15) is 6.42 Å². The average molecular weight is 276 g/mol. The molecule has 0 saturated heterocycles. The summed E-state index contributed by atoms with van der Waals surface area (Å²) in [4.78, 5) is 8.25. The maximum atomic E-state index is 12.8. The van der Waals surface area contributed by atoms with E-state index in [-0.39, 0.29) is 5.82 Å². The Labute approximate surface area is 117 Å². The molecule has 0 aliphatic carbocycles. The molecule has 5 nitrogen and oxygen atoms in total. The molecule has 0 amide bonds. The summed E-state index contributed by atoms with van der Waals surface area (Å²) in [5.41, 5.74) is 0.774. The zero-order valence-corrected chi connectivity index (χ0v) is 11.3. The van der Waals surface area contributed by atoms with E-state index in [9.17, 15) is 4.39 Å². The van der Waals surface area contributed by atoms with Crippen LogP contribution >= 0.6 is 0 Å². The first kappa shape index (κ1) is 14.2. The molecule has 0 fully saturated rings. The van der Waals surface area contributed by atoms with Gasteiger partial charge in [-0.3, -0.25) is 0 Å². The lowest BCUT2D eigenvalue weighted by Crippen LogP contribution is -2.06. The highest BCUT2D eigenvalue weighted by Crippen LogP contribution is 2.16. The van der Waals surface area contributed by atoms with Crippen LogP contribution in [0.3, 0.4) is 0 Å². The van der Waals surface area contributed by atoms with E-state index in [4.69, 9.17) is 4.74 Å². The molecule has 1 heterocycles. The summed E-state index contributed by atoms with van der Waals surface area (Å²) in [7, 11) is 1.68. The van der Waals surface area contributed by atoms with Crippen LogP contribution in [0.5, 0.6) is 0 Å². The Balaban J connectivity index is 1.93. The Morgan fingerprint density at radius 2 is 1.90 bits per heavy atom. The molecule has 1 aromatic heterocycles. The maximum Gasteiger partial charge on any atom is 0.135 e. The van der Waals surface area contributed by atoms with Crippen molar-refractivity contribution in [1.82, 2.24) is 9.97 Å². The number of benzene rings is 1. The predicted octanol–water partition coefficient (Wildman–Crippen LogP) is 2.81. The van der Waals surface area contributed by atoms with E-state index >= 15 is 0 Å². The Hall–Kier alpha value is -2.21. The first-order valence-electron chi connectivity index (χ1n) is 6.35. The fourth-order valence-corrected chi connectivity index (χ4v) is 1.64. The van der Waals surface area contributed by atoms with Crippen molar-refractivity contribution in [3.63, 3.8) is 0 Å². The van der Waals surface area contributed by atoms with Crippen LogP contribution in [-0.2, 0) is 4.74 Å². The summed E-state index contributed by atoms with van der Waals surface area (Å²) in [6, 6.07) is 7.91. The van der Waals surface area contributed by atoms with Crippen molar-refractivity contribution in [1.29, 1.82) is 0 Å². The molecule has 2 aromatic rings. The SMILES string of the molecule is COCCCNc1cc(Nc2ccc(F)cc2)ncn1. The third-order valence-electron chi connectivity index (χ3n) is 2.62. The van der Waals surface area contributed by atoms with Gasteiger partial charge in [-0.2, -0.15) is 0 Å². The van der Waals surface area contributed by atoms with Crippen LogP contribution in [-0.4, -0.2) is 30.2 Å². The second-order valence-corrected chi connectivity index (χ2v) is 4.19. The number of halogens is 1. The first-order chi connectivity index (χ1) is 9.78. The highest BCUT2D eigenvalue weighted by molar-refractivity contribution is 5.58. The highest BCUT2D eigenvalue weighted by Gasteiger charge is 2.00. The van der Waals surface area contributed by atoms with E-state index in [1.165, 1.54) is 18.5 Å². The zero-order chi connectivity index (χ0) is 14.2. The normalized spacial score (nSPS) is 10.3. The number of hydrogen-bond acceptors (Lipinski definition) is 5. The lowest BCUT2D eigenvalue weighted by molar-refractivity contribution is 0.198. The smallest absolute Gasteiger partial charge is 0.135 e. The van der Waals surface area contributed by atoms with Crippen molar-refractivity contribution in [3.05, 3.63) is 42.5 Å². The van der Waals surface area contributed by atoms with Crippen molar-refractivity contribution >= 4 is 17.3 Å². The summed E-state index contributed by atoms with van der Waals surface area (Å²) in [6.07, 6.45) is 2.38. The van der Waals surface area contributed by atoms with E-state index in [1.54, 1.807) is 25.3 Å². The van der Waals surface area contributed by atoms with Crippen molar-refractivity contribution < 1.29 is 9.13 Å². The van der Waals surface area contributed by atoms with Gasteiger partial charge in [0.25, 0.3) is 0 Å². The Morgan fingerprint density at radius 1 is 1.15 bits per heavy atom. The quantitative estimate of drug-likeness (QED) is 0.761. The van der Waals surface area contributed by atoms with Crippen molar-refractivity contribution in [2.75, 3.05) is 30.9 Å². The number of methoxy groups -OCH3 is 1. The molecular weight excluding hydrogens is 259 g/mol. The minimum Gasteiger partial charge on any atom is -0.385 e. The van der Waals surface area contributed by atoms with Gasteiger partial charge in [0.1, 0.15) is 23.8 Å². The topological polar surface area (TPSA) is 59.1 Å². The van der Waals surface area contributed by atoms with Gasteiger partial charge in [-0.05, 0) is 30.7 Å². The summed E-state index contributed by atoms with van der Waals surface area (Å²) >= 11 is 0. The summed E-state index contributed by atoms with van der Waals surface area (Å²) < 4.78 is 17.8. The molecule has 106 valence electrons. The van der Waals surface area contributed by atoms with Gasteiger partial charge in [0.15, 0.2) is 0 Å². The molecule has 0 radical (unpaired) electrons. The number of rotatable bonds is 7. The van der Waals surface area contributed by atoms with Crippen LogP contribution in [0, 0.1) is 5.82 Å². The molecule has 2 rings (SSSR count). The first-order valence-corrected chi connectivity index (χ1v) is 6.35. The van der Waals surface area contributed by atoms with Crippen molar-refractivity contribution in [3.8, 4) is 0 Å². The molecule has 1 aromatic carbocycles. The number of nitrogens with one attached hydrogen (secondary N) is 2. The highest BCUT2D eigenvalue weighted by atomic mass is 19.1. The van der Waals surface area contributed by atoms with Crippen molar-refractivity contribution in [2.24, 2.45) is 0 Å². The summed E-state index contributed by atoms with van der Waals surface area (Å²) in [5, 5.41) is 6.27. The Bertz CT molecular complexity index is 533. The zero-order valence-electron chi connectivity index (χ0n) is 11.3. The predicted molar refractivity (Wildman–Crippen MR) is 76.7 cm³/mol. The number of ether oxygens (including phenoxy) is 1. The van der Waals surface area contributed by atoms with E-state index in [0.717, 1.165) is 24.5 Å². The van der Waals surface area contributed by atoms with Gasteiger partial charge < -0.3 is 15.4 Å². The van der Waals surface area contributed by atoms with Gasteiger partial charge in [-0.1, -0.05) is 0 Å². The van der Waals surface area contributed by atoms with E-state index < -0.39 is 0 Å². The number of aromatic nitrogens is 2. The Morgan fingerprint density at radius 3 is 2.65 bits per heavy atom. The molecule has 0 aliphatic rings. The van der Waals surface area contributed by atoms with E-state index in [2.05, 4.69) is 20.6 Å². The largest absolute Gasteiger partial charge is 0.385 e. The molecule has 6 heteroatoms. The second kappa shape index (κ2) is 7.40. The minimum atomic E-state index is -0.265. The lowest BCUT2D eigenvalue weighted by Gasteiger charge is -2.08. The molecule has 0 aliphatic heterocycles. The van der Waals surface area contributed by atoms with Gasteiger partial charge in [0.2, 0.25) is 0 Å². The monoisotopic (exact) mass is 276 g/mol. The molecule has 0 unspecified atom stereocenters. The average Bonchev–Trinajstić information content (AvgIpc) is 2.47. The van der Waals surface area contributed by atoms with E-state index in [0.29, 0.717) is 12.4 Å². The van der Waals surface area contributed by atoms with E-state index in [1.807, 2.05) is 0 Å². The lowest BCUT2D eigenvalue weighted by atomic mass is 10.3. The van der Waals surface area contributed by atoms with Crippen LogP contribution in [0.25, 0.3) is 0 Å². The second-order valence-electron chi connectivity index (χ2n) is 4.19. The third kappa shape index (κ3) is 4.47. The van der Waals surface area contributed by atoms with Crippen molar-refractivity contribution in [2.45, 2.75) is 6.42 Å². The van der Waals surface area contributed by atoms with Crippen LogP contribution < -0.4 is 10.6 Å². The van der Waals surface area contributed by atoms with Crippen LogP contribution in [0.2, 0.25) is 0 Å². The van der Waals surface area contributed by atoms with Gasteiger partial charge in [-0.15, -0.1) is 0 Å². The Kier molecular flexibility index (Phi) is 5.25. The molecular formula is C14H17FN4O. The minimum absolute atomic E-state index is 0.265. The van der Waals surface area contributed by atoms with Crippen LogP contribution in [0.15, 0.2) is 36.7 Å².